The molecule has 3 N–H and O–H groups in total. The summed E-state index contributed by atoms with van der Waals surface area (Å²) in [6, 6.07) is 12.9. The number of alkyl halides is 3. The number of primary amides is 1. The van der Waals surface area contributed by atoms with E-state index in [2.05, 4.69) is 15.4 Å². The lowest BCUT2D eigenvalue weighted by Gasteiger charge is -2.17. The van der Waals surface area contributed by atoms with Crippen molar-refractivity contribution in [1.29, 1.82) is 0 Å². The van der Waals surface area contributed by atoms with Gasteiger partial charge in [0.1, 0.15) is 5.82 Å². The average Bonchev–Trinajstić information content (AvgIpc) is 3.52. The van der Waals surface area contributed by atoms with Crippen LogP contribution in [0.25, 0.3) is 5.69 Å². The third kappa shape index (κ3) is 5.93. The molecule has 34 heavy (non-hydrogen) atoms. The molecule has 2 aliphatic rings. The van der Waals surface area contributed by atoms with Gasteiger partial charge in [0.15, 0.2) is 0 Å². The van der Waals surface area contributed by atoms with Gasteiger partial charge in [-0.1, -0.05) is 24.3 Å². The van der Waals surface area contributed by atoms with Crippen molar-refractivity contribution in [2.24, 2.45) is 5.73 Å². The first-order chi connectivity index (χ1) is 16.3. The summed E-state index contributed by atoms with van der Waals surface area (Å²) >= 11 is 0. The Balaban J connectivity index is 0.000000162. The third-order valence-electron chi connectivity index (χ3n) is 5.98. The number of pyridine rings is 1. The summed E-state index contributed by atoms with van der Waals surface area (Å²) in [5, 5.41) is 7.25. The number of urea groups is 1. The molecule has 1 aliphatic heterocycles. The maximum Gasteiger partial charge on any atom is 0.401 e. The number of carbonyl (C=O) groups is 1. The Morgan fingerprint density at radius 2 is 1.94 bits per heavy atom. The van der Waals surface area contributed by atoms with Crippen LogP contribution in [0.15, 0.2) is 54.9 Å². The number of likely N-dealkylation sites (tertiary alicyclic amines) is 1. The summed E-state index contributed by atoms with van der Waals surface area (Å²) in [6.07, 6.45) is 3.08. The lowest BCUT2D eigenvalue weighted by molar-refractivity contribution is -0.143. The molecular formula is C24H27F3N6O. The Kier molecular flexibility index (Phi) is 7.16. The summed E-state index contributed by atoms with van der Waals surface area (Å²) in [5.74, 6) is 0.900. The van der Waals surface area contributed by atoms with E-state index in [9.17, 15) is 18.0 Å². The van der Waals surface area contributed by atoms with Gasteiger partial charge in [0, 0.05) is 24.5 Å². The predicted octanol–water partition coefficient (Wildman–Crippen LogP) is 4.28. The minimum atomic E-state index is -4.09. The van der Waals surface area contributed by atoms with Crippen LogP contribution in [-0.2, 0) is 12.8 Å². The van der Waals surface area contributed by atoms with Crippen molar-refractivity contribution in [2.45, 2.75) is 37.8 Å². The second kappa shape index (κ2) is 10.3. The number of carbonyl (C=O) groups excluding carboxylic acids is 1. The van der Waals surface area contributed by atoms with E-state index in [1.54, 1.807) is 17.1 Å². The Labute approximate surface area is 195 Å². The van der Waals surface area contributed by atoms with E-state index in [-0.39, 0.29) is 5.92 Å². The van der Waals surface area contributed by atoms with E-state index < -0.39 is 18.8 Å². The second-order valence-corrected chi connectivity index (χ2v) is 8.49. The van der Waals surface area contributed by atoms with Crippen LogP contribution in [0.3, 0.4) is 0 Å². The van der Waals surface area contributed by atoms with E-state index in [1.807, 2.05) is 42.5 Å². The molecule has 10 heteroatoms. The molecule has 2 aromatic heterocycles. The number of benzene rings is 1. The first-order valence-corrected chi connectivity index (χ1v) is 11.2. The minimum absolute atomic E-state index is 0.191. The lowest BCUT2D eigenvalue weighted by atomic mass is 10.0. The number of halogens is 3. The van der Waals surface area contributed by atoms with E-state index in [0.29, 0.717) is 18.9 Å². The molecule has 0 bridgehead atoms. The molecule has 1 atom stereocenters. The molecule has 3 heterocycles. The van der Waals surface area contributed by atoms with E-state index in [4.69, 9.17) is 5.73 Å². The van der Waals surface area contributed by atoms with Gasteiger partial charge in [-0.3, -0.25) is 15.2 Å². The molecule has 180 valence electrons. The van der Waals surface area contributed by atoms with Crippen LogP contribution in [0.2, 0.25) is 0 Å². The van der Waals surface area contributed by atoms with Gasteiger partial charge in [-0.15, -0.1) is 0 Å². The second-order valence-electron chi connectivity index (χ2n) is 8.49. The van der Waals surface area contributed by atoms with Crippen molar-refractivity contribution in [3.8, 4) is 5.69 Å². The highest BCUT2D eigenvalue weighted by molar-refractivity contribution is 5.88. The zero-order valence-corrected chi connectivity index (χ0v) is 18.6. The summed E-state index contributed by atoms with van der Waals surface area (Å²) in [6.45, 7) is 0.189. The zero-order valence-electron chi connectivity index (χ0n) is 18.6. The van der Waals surface area contributed by atoms with Gasteiger partial charge in [0.25, 0.3) is 0 Å². The highest BCUT2D eigenvalue weighted by atomic mass is 19.4. The fourth-order valence-electron chi connectivity index (χ4n) is 4.51. The molecule has 1 saturated heterocycles. The minimum Gasteiger partial charge on any atom is -0.351 e. The molecule has 5 rings (SSSR count). The Morgan fingerprint density at radius 3 is 2.62 bits per heavy atom. The number of nitrogens with zero attached hydrogens (tertiary/aromatic N) is 4. The number of para-hydroxylation sites is 1. The number of hydrogen-bond donors (Lipinski definition) is 2. The quantitative estimate of drug-likeness (QED) is 0.593. The SMILES string of the molecule is FC(F)(F)CN1CC[C@H](c2cccnc2)C1.NC(=O)Nc1c2c(nn1-c1ccccc1)CCC2. The lowest BCUT2D eigenvalue weighted by Crippen LogP contribution is -2.32. The van der Waals surface area contributed by atoms with Crippen molar-refractivity contribution >= 4 is 11.8 Å². The van der Waals surface area contributed by atoms with Gasteiger partial charge >= 0.3 is 12.2 Å². The van der Waals surface area contributed by atoms with Gasteiger partial charge in [0.05, 0.1) is 17.9 Å². The number of fused-ring (bicyclic) bond motifs is 1. The molecule has 1 fully saturated rings. The van der Waals surface area contributed by atoms with Gasteiger partial charge in [-0.2, -0.15) is 18.3 Å². The highest BCUT2D eigenvalue weighted by Gasteiger charge is 2.34. The normalized spacial score (nSPS) is 17.7. The van der Waals surface area contributed by atoms with Gasteiger partial charge in [0.2, 0.25) is 0 Å². The molecule has 7 nitrogen and oxygen atoms in total. The van der Waals surface area contributed by atoms with Crippen LogP contribution in [0, 0.1) is 0 Å². The third-order valence-corrected chi connectivity index (χ3v) is 5.98. The number of aryl methyl sites for hydroxylation is 1. The van der Waals surface area contributed by atoms with E-state index >= 15 is 0 Å². The van der Waals surface area contributed by atoms with Crippen molar-refractivity contribution in [1.82, 2.24) is 19.7 Å². The Hall–Kier alpha value is -3.40. The van der Waals surface area contributed by atoms with Crippen molar-refractivity contribution in [2.75, 3.05) is 25.0 Å². The summed E-state index contributed by atoms with van der Waals surface area (Å²) in [4.78, 5) is 16.6. The Morgan fingerprint density at radius 1 is 1.15 bits per heavy atom. The Bertz CT molecular complexity index is 1100. The van der Waals surface area contributed by atoms with Crippen molar-refractivity contribution in [3.05, 3.63) is 71.7 Å². The van der Waals surface area contributed by atoms with Crippen LogP contribution < -0.4 is 11.1 Å². The molecule has 0 unspecified atom stereocenters. The molecule has 0 saturated carbocycles. The van der Waals surface area contributed by atoms with Crippen LogP contribution >= 0.6 is 0 Å². The largest absolute Gasteiger partial charge is 0.401 e. The monoisotopic (exact) mass is 472 g/mol. The molecule has 1 aliphatic carbocycles. The van der Waals surface area contributed by atoms with Gasteiger partial charge < -0.3 is 5.73 Å². The number of aromatic nitrogens is 3. The highest BCUT2D eigenvalue weighted by Crippen LogP contribution is 2.31. The first kappa shape index (κ1) is 23.7. The van der Waals surface area contributed by atoms with Crippen molar-refractivity contribution < 1.29 is 18.0 Å². The molecule has 3 aromatic rings. The van der Waals surface area contributed by atoms with Crippen LogP contribution in [-0.4, -0.2) is 51.5 Å². The molecule has 0 spiro atoms. The average molecular weight is 473 g/mol. The maximum atomic E-state index is 12.2. The number of anilines is 1. The number of amides is 2. The van der Waals surface area contributed by atoms with Gasteiger partial charge in [-0.25, -0.2) is 9.48 Å². The number of nitrogens with two attached hydrogens (primary N) is 1. The van der Waals surface area contributed by atoms with Gasteiger partial charge in [-0.05, 0) is 61.9 Å². The fraction of sp³-hybridized carbons (Fsp3) is 0.375. The summed E-state index contributed by atoms with van der Waals surface area (Å²) in [5.41, 5.74) is 9.36. The maximum absolute atomic E-state index is 12.2. The van der Waals surface area contributed by atoms with E-state index in [0.717, 1.165) is 48.2 Å². The summed E-state index contributed by atoms with van der Waals surface area (Å²) in [7, 11) is 0. The van der Waals surface area contributed by atoms with Crippen LogP contribution in [0.4, 0.5) is 23.8 Å². The summed E-state index contributed by atoms with van der Waals surface area (Å²) < 4.78 is 38.3. The molecule has 0 radical (unpaired) electrons. The molecule has 2 amide bonds. The zero-order chi connectivity index (χ0) is 24.1. The predicted molar refractivity (Wildman–Crippen MR) is 123 cm³/mol. The number of rotatable bonds is 4. The van der Waals surface area contributed by atoms with E-state index in [1.165, 1.54) is 4.90 Å². The van der Waals surface area contributed by atoms with Crippen LogP contribution in [0.5, 0.6) is 0 Å². The molecule has 1 aromatic carbocycles. The topological polar surface area (TPSA) is 89.1 Å². The standard InChI is InChI=1S/C13H14N4O.C11H13F3N2/c14-13(18)15-12-10-7-4-8-11(10)16-17(12)9-5-2-1-3-6-9;12-11(13,14)8-16-5-3-10(7-16)9-2-1-4-15-6-9/h1-3,5-6H,4,7-8H2,(H3,14,15,18);1-2,4,6,10H,3,5,7-8H2/t;10-/m.0/s1. The van der Waals surface area contributed by atoms with Crippen LogP contribution in [0.1, 0.15) is 35.6 Å². The fourth-order valence-corrected chi connectivity index (χ4v) is 4.51. The number of hydrogen-bond acceptors (Lipinski definition) is 4. The number of nitrogens with one attached hydrogen (secondary N) is 1. The smallest absolute Gasteiger partial charge is 0.351 e. The molecular weight excluding hydrogens is 445 g/mol. The van der Waals surface area contributed by atoms with Crippen molar-refractivity contribution in [3.63, 3.8) is 0 Å². The first-order valence-electron chi connectivity index (χ1n) is 11.2.